The Morgan fingerprint density at radius 2 is 2.32 bits per heavy atom. The number of nitrogens with zero attached hydrogens (tertiary/aromatic N) is 3. The predicted molar refractivity (Wildman–Crippen MR) is 67.8 cm³/mol. The Bertz CT molecular complexity index is 559. The minimum absolute atomic E-state index is 0.0143. The number of rotatable bonds is 6. The van der Waals surface area contributed by atoms with Gasteiger partial charge in [-0.25, -0.2) is 0 Å². The fraction of sp³-hybridized carbons (Fsp3) is 0.273. The molecule has 1 heterocycles. The van der Waals surface area contributed by atoms with Gasteiger partial charge < -0.3 is 9.84 Å². The summed E-state index contributed by atoms with van der Waals surface area (Å²) in [7, 11) is 0. The van der Waals surface area contributed by atoms with Gasteiger partial charge in [0.05, 0.1) is 9.95 Å². The lowest BCUT2D eigenvalue weighted by atomic mass is 10.2. The number of aromatic nitrogens is 2. The zero-order valence-electron chi connectivity index (χ0n) is 9.88. The van der Waals surface area contributed by atoms with Crippen LogP contribution in [-0.4, -0.2) is 21.6 Å². The summed E-state index contributed by atoms with van der Waals surface area (Å²) >= 11 is 5.97. The van der Waals surface area contributed by atoms with E-state index in [1.807, 2.05) is 0 Å². The van der Waals surface area contributed by atoms with Gasteiger partial charge in [0, 0.05) is 31.6 Å². The van der Waals surface area contributed by atoms with Crippen LogP contribution >= 0.6 is 11.6 Å². The molecule has 19 heavy (non-hydrogen) atoms. The number of hydrogen-bond donors (Lipinski definition) is 1. The fourth-order valence-corrected chi connectivity index (χ4v) is 1.76. The van der Waals surface area contributed by atoms with E-state index in [9.17, 15) is 10.1 Å². The third kappa shape index (κ3) is 3.73. The third-order valence-corrected chi connectivity index (χ3v) is 2.84. The van der Waals surface area contributed by atoms with Gasteiger partial charge in [-0.15, -0.1) is 0 Å². The van der Waals surface area contributed by atoms with Gasteiger partial charge in [-0.05, 0) is 11.6 Å². The summed E-state index contributed by atoms with van der Waals surface area (Å²) in [4.78, 5) is 14.0. The van der Waals surface area contributed by atoms with Gasteiger partial charge in [-0.1, -0.05) is 16.8 Å². The molecule has 0 spiro atoms. The van der Waals surface area contributed by atoms with Crippen molar-refractivity contribution in [2.75, 3.05) is 6.54 Å². The van der Waals surface area contributed by atoms with Crippen molar-refractivity contribution in [2.24, 2.45) is 0 Å². The maximum absolute atomic E-state index is 10.6. The van der Waals surface area contributed by atoms with E-state index in [1.54, 1.807) is 6.07 Å². The zero-order valence-corrected chi connectivity index (χ0v) is 10.6. The van der Waals surface area contributed by atoms with Crippen LogP contribution in [0.3, 0.4) is 0 Å². The monoisotopic (exact) mass is 282 g/mol. The van der Waals surface area contributed by atoms with Gasteiger partial charge in [0.2, 0.25) is 5.89 Å². The highest BCUT2D eigenvalue weighted by Gasteiger charge is 2.09. The first kappa shape index (κ1) is 13.4. The van der Waals surface area contributed by atoms with Gasteiger partial charge >= 0.3 is 0 Å². The summed E-state index contributed by atoms with van der Waals surface area (Å²) in [5.41, 5.74) is 0.789. The largest absolute Gasteiger partial charge is 0.340 e. The molecule has 1 N–H and O–H groups in total. The number of nitro groups is 1. The lowest BCUT2D eigenvalue weighted by Crippen LogP contribution is -2.17. The molecule has 2 aromatic rings. The normalized spacial score (nSPS) is 10.6. The van der Waals surface area contributed by atoms with E-state index in [0.717, 1.165) is 5.56 Å². The SMILES string of the molecule is O=[N+]([O-])c1ccc(CNCCc2ncno2)c(Cl)c1. The van der Waals surface area contributed by atoms with Crippen molar-refractivity contribution >= 4 is 17.3 Å². The summed E-state index contributed by atoms with van der Waals surface area (Å²) in [5.74, 6) is 0.558. The summed E-state index contributed by atoms with van der Waals surface area (Å²) in [6.07, 6.45) is 1.97. The quantitative estimate of drug-likeness (QED) is 0.494. The lowest BCUT2D eigenvalue weighted by Gasteiger charge is -2.05. The Balaban J connectivity index is 1.84. The van der Waals surface area contributed by atoms with Crippen LogP contribution in [-0.2, 0) is 13.0 Å². The maximum atomic E-state index is 10.6. The van der Waals surface area contributed by atoms with Gasteiger partial charge in [-0.3, -0.25) is 10.1 Å². The topological polar surface area (TPSA) is 94.1 Å². The van der Waals surface area contributed by atoms with E-state index in [2.05, 4.69) is 15.5 Å². The van der Waals surface area contributed by atoms with E-state index in [-0.39, 0.29) is 5.69 Å². The molecule has 0 atom stereocenters. The predicted octanol–water partition coefficient (Wildman–Crippen LogP) is 1.96. The van der Waals surface area contributed by atoms with E-state index in [1.165, 1.54) is 18.5 Å². The smallest absolute Gasteiger partial charge is 0.270 e. The molecule has 0 aliphatic heterocycles. The lowest BCUT2D eigenvalue weighted by molar-refractivity contribution is -0.384. The number of halogens is 1. The molecule has 2 rings (SSSR count). The molecule has 0 unspecified atom stereocenters. The summed E-state index contributed by atoms with van der Waals surface area (Å²) < 4.78 is 4.85. The van der Waals surface area contributed by atoms with Crippen LogP contribution in [0.25, 0.3) is 0 Å². The molecule has 0 saturated heterocycles. The maximum Gasteiger partial charge on any atom is 0.270 e. The van der Waals surface area contributed by atoms with Crippen molar-refractivity contribution < 1.29 is 9.45 Å². The van der Waals surface area contributed by atoms with Crippen LogP contribution in [0.5, 0.6) is 0 Å². The summed E-state index contributed by atoms with van der Waals surface area (Å²) in [6.45, 7) is 1.17. The molecular weight excluding hydrogens is 272 g/mol. The molecule has 0 aliphatic rings. The molecular formula is C11H11ClN4O3. The highest BCUT2D eigenvalue weighted by molar-refractivity contribution is 6.31. The molecule has 0 radical (unpaired) electrons. The first-order chi connectivity index (χ1) is 9.16. The Kier molecular flexibility index (Phi) is 4.43. The first-order valence-electron chi connectivity index (χ1n) is 5.56. The van der Waals surface area contributed by atoms with Gasteiger partial charge in [0.15, 0.2) is 6.33 Å². The molecule has 0 amide bonds. The van der Waals surface area contributed by atoms with Crippen LogP contribution in [0.1, 0.15) is 11.5 Å². The first-order valence-corrected chi connectivity index (χ1v) is 5.93. The minimum atomic E-state index is -0.474. The van der Waals surface area contributed by atoms with E-state index >= 15 is 0 Å². The van der Waals surface area contributed by atoms with Crippen LogP contribution < -0.4 is 5.32 Å². The number of non-ortho nitro benzene ring substituents is 1. The molecule has 0 aliphatic carbocycles. The Morgan fingerprint density at radius 3 is 2.95 bits per heavy atom. The molecule has 100 valence electrons. The van der Waals surface area contributed by atoms with Crippen molar-refractivity contribution in [3.05, 3.63) is 51.1 Å². The number of hydrogen-bond acceptors (Lipinski definition) is 6. The number of nitro benzene ring substituents is 1. The van der Waals surface area contributed by atoms with Gasteiger partial charge in [-0.2, -0.15) is 4.98 Å². The van der Waals surface area contributed by atoms with Crippen molar-refractivity contribution in [1.29, 1.82) is 0 Å². The summed E-state index contributed by atoms with van der Waals surface area (Å²) in [6, 6.07) is 4.41. The minimum Gasteiger partial charge on any atom is -0.340 e. The van der Waals surface area contributed by atoms with Crippen LogP contribution in [0.15, 0.2) is 29.0 Å². The molecule has 1 aromatic carbocycles. The number of nitrogens with one attached hydrogen (secondary N) is 1. The van der Waals surface area contributed by atoms with Crippen molar-refractivity contribution in [2.45, 2.75) is 13.0 Å². The molecule has 8 heteroatoms. The standard InChI is InChI=1S/C11H11ClN4O3/c12-10-5-9(16(17)18)2-1-8(10)6-13-4-3-11-14-7-15-19-11/h1-2,5,7,13H,3-4,6H2. The van der Waals surface area contributed by atoms with Crippen LogP contribution in [0.4, 0.5) is 5.69 Å². The average molecular weight is 283 g/mol. The van der Waals surface area contributed by atoms with E-state index in [0.29, 0.717) is 30.4 Å². The van der Waals surface area contributed by atoms with Crippen LogP contribution in [0.2, 0.25) is 5.02 Å². The summed E-state index contributed by atoms with van der Waals surface area (Å²) in [5, 5.41) is 17.6. The molecule has 0 fully saturated rings. The number of benzene rings is 1. The fourth-order valence-electron chi connectivity index (χ4n) is 1.52. The second-order valence-electron chi connectivity index (χ2n) is 3.79. The average Bonchev–Trinajstić information content (AvgIpc) is 2.89. The zero-order chi connectivity index (χ0) is 13.7. The van der Waals surface area contributed by atoms with Gasteiger partial charge in [0.1, 0.15) is 0 Å². The van der Waals surface area contributed by atoms with Gasteiger partial charge in [0.25, 0.3) is 5.69 Å². The molecule has 0 bridgehead atoms. The molecule has 7 nitrogen and oxygen atoms in total. The molecule has 0 saturated carbocycles. The second kappa shape index (κ2) is 6.26. The Labute approximate surface area is 113 Å². The van der Waals surface area contributed by atoms with E-state index < -0.39 is 4.92 Å². The molecule has 1 aromatic heterocycles. The second-order valence-corrected chi connectivity index (χ2v) is 4.20. The Morgan fingerprint density at radius 1 is 1.47 bits per heavy atom. The Hall–Kier alpha value is -1.99. The van der Waals surface area contributed by atoms with E-state index in [4.69, 9.17) is 16.1 Å². The van der Waals surface area contributed by atoms with Crippen LogP contribution in [0, 0.1) is 10.1 Å². The third-order valence-electron chi connectivity index (χ3n) is 2.49. The highest BCUT2D eigenvalue weighted by atomic mass is 35.5. The van der Waals surface area contributed by atoms with Crippen molar-refractivity contribution in [3.8, 4) is 0 Å². The van der Waals surface area contributed by atoms with Crippen molar-refractivity contribution in [3.63, 3.8) is 0 Å². The van der Waals surface area contributed by atoms with Crippen molar-refractivity contribution in [1.82, 2.24) is 15.5 Å². The highest BCUT2D eigenvalue weighted by Crippen LogP contribution is 2.22.